The van der Waals surface area contributed by atoms with Gasteiger partial charge in [-0.1, -0.05) is 0 Å². The van der Waals surface area contributed by atoms with E-state index in [0.29, 0.717) is 36.2 Å². The first-order valence-corrected chi connectivity index (χ1v) is 10.0. The van der Waals surface area contributed by atoms with Crippen molar-refractivity contribution in [2.45, 2.75) is 20.4 Å². The second kappa shape index (κ2) is 8.23. The molecule has 0 aliphatic carbocycles. The molecule has 3 aromatic rings. The Morgan fingerprint density at radius 1 is 1.13 bits per heavy atom. The highest BCUT2D eigenvalue weighted by atomic mass is 16.5. The highest BCUT2D eigenvalue weighted by Gasteiger charge is 2.19. The maximum absolute atomic E-state index is 12.9. The number of amides is 1. The van der Waals surface area contributed by atoms with Crippen molar-refractivity contribution in [3.05, 3.63) is 40.6 Å². The predicted molar refractivity (Wildman–Crippen MR) is 109 cm³/mol. The summed E-state index contributed by atoms with van der Waals surface area (Å²) >= 11 is 0. The van der Waals surface area contributed by atoms with Crippen LogP contribution in [0.15, 0.2) is 29.5 Å². The minimum Gasteiger partial charge on any atom is -0.462 e. The number of esters is 1. The average Bonchev–Trinajstić information content (AvgIpc) is 3.18. The Morgan fingerprint density at radius 3 is 2.60 bits per heavy atom. The first-order valence-electron chi connectivity index (χ1n) is 10.0. The van der Waals surface area contributed by atoms with Gasteiger partial charge < -0.3 is 14.2 Å². The molecule has 1 aliphatic rings. The quantitative estimate of drug-likeness (QED) is 0.559. The van der Waals surface area contributed by atoms with E-state index in [1.54, 1.807) is 30.7 Å². The van der Waals surface area contributed by atoms with Crippen molar-refractivity contribution >= 4 is 28.4 Å². The van der Waals surface area contributed by atoms with Gasteiger partial charge in [0, 0.05) is 58.6 Å². The van der Waals surface area contributed by atoms with Gasteiger partial charge in [-0.3, -0.25) is 14.5 Å². The molecular formula is C20H24N6O4. The summed E-state index contributed by atoms with van der Waals surface area (Å²) in [5.41, 5.74) is 1.07. The highest BCUT2D eigenvalue weighted by Crippen LogP contribution is 2.15. The molecule has 0 unspecified atom stereocenters. The third-order valence-corrected chi connectivity index (χ3v) is 5.44. The van der Waals surface area contributed by atoms with Crippen molar-refractivity contribution in [1.29, 1.82) is 0 Å². The third-order valence-electron chi connectivity index (χ3n) is 5.44. The number of aromatic nitrogens is 4. The number of hydrogen-bond acceptors (Lipinski definition) is 7. The topological polar surface area (TPSA) is 102 Å². The highest BCUT2D eigenvalue weighted by molar-refractivity contribution is 5.96. The summed E-state index contributed by atoms with van der Waals surface area (Å²) in [6, 6.07) is 1.81. The molecule has 4 heterocycles. The molecule has 0 aromatic carbocycles. The first kappa shape index (κ1) is 20.0. The lowest BCUT2D eigenvalue weighted by atomic mass is 10.2. The van der Waals surface area contributed by atoms with E-state index in [2.05, 4.69) is 15.0 Å². The number of nitrogens with zero attached hydrogens (tertiary/aromatic N) is 6. The Labute approximate surface area is 172 Å². The summed E-state index contributed by atoms with van der Waals surface area (Å²) in [4.78, 5) is 44.8. The second-order valence-electron chi connectivity index (χ2n) is 7.23. The SMILES string of the molecule is CCOC(=O)c1cnn2c1ncc1c(=O)n(CCN3CCN(C(C)=O)CC3)ccc12. The fourth-order valence-corrected chi connectivity index (χ4v) is 3.72. The number of piperazine rings is 1. The molecule has 0 radical (unpaired) electrons. The maximum atomic E-state index is 12.9. The molecule has 1 fully saturated rings. The molecule has 1 aliphatic heterocycles. The van der Waals surface area contributed by atoms with Gasteiger partial charge in [-0.05, 0) is 13.0 Å². The van der Waals surface area contributed by atoms with E-state index in [0.717, 1.165) is 19.6 Å². The number of rotatable bonds is 5. The van der Waals surface area contributed by atoms with E-state index in [-0.39, 0.29) is 23.6 Å². The van der Waals surface area contributed by atoms with Crippen LogP contribution >= 0.6 is 0 Å². The molecular weight excluding hydrogens is 388 g/mol. The van der Waals surface area contributed by atoms with Crippen molar-refractivity contribution in [2.24, 2.45) is 0 Å². The van der Waals surface area contributed by atoms with Gasteiger partial charge in [-0.25, -0.2) is 14.3 Å². The Kier molecular flexibility index (Phi) is 5.49. The van der Waals surface area contributed by atoms with E-state index in [9.17, 15) is 14.4 Å². The maximum Gasteiger partial charge on any atom is 0.343 e. The standard InChI is InChI=1S/C20H24N6O4/c1-3-30-20(29)16-13-22-26-17-4-5-25(19(28)15(17)12-21-18(16)26)11-8-23-6-9-24(10-7-23)14(2)27/h4-5,12-13H,3,6-11H2,1-2H3. The third kappa shape index (κ3) is 3.65. The van der Waals surface area contributed by atoms with Crippen LogP contribution in [0.4, 0.5) is 0 Å². The van der Waals surface area contributed by atoms with Crippen LogP contribution in [0.3, 0.4) is 0 Å². The van der Waals surface area contributed by atoms with Crippen molar-refractivity contribution in [3.63, 3.8) is 0 Å². The Balaban J connectivity index is 1.54. The summed E-state index contributed by atoms with van der Waals surface area (Å²) in [5, 5.41) is 4.66. The van der Waals surface area contributed by atoms with E-state index in [4.69, 9.17) is 4.74 Å². The molecule has 0 spiro atoms. The normalized spacial score (nSPS) is 15.1. The number of hydrogen-bond donors (Lipinski definition) is 0. The fraction of sp³-hybridized carbons (Fsp3) is 0.450. The van der Waals surface area contributed by atoms with Crippen LogP contribution in [0.2, 0.25) is 0 Å². The van der Waals surface area contributed by atoms with Crippen molar-refractivity contribution in [3.8, 4) is 0 Å². The molecule has 4 rings (SSSR count). The Bertz CT molecular complexity index is 1160. The van der Waals surface area contributed by atoms with Crippen LogP contribution in [-0.2, 0) is 16.1 Å². The molecule has 0 N–H and O–H groups in total. The number of carbonyl (C=O) groups excluding carboxylic acids is 2. The molecule has 158 valence electrons. The monoisotopic (exact) mass is 412 g/mol. The lowest BCUT2D eigenvalue weighted by Gasteiger charge is -2.34. The van der Waals surface area contributed by atoms with Gasteiger partial charge in [0.05, 0.1) is 23.7 Å². The van der Waals surface area contributed by atoms with Crippen LogP contribution in [0.5, 0.6) is 0 Å². The molecule has 10 heteroatoms. The van der Waals surface area contributed by atoms with Crippen LogP contribution in [-0.4, -0.2) is 80.2 Å². The Morgan fingerprint density at radius 2 is 1.90 bits per heavy atom. The van der Waals surface area contributed by atoms with E-state index in [1.807, 2.05) is 4.90 Å². The van der Waals surface area contributed by atoms with Gasteiger partial charge in [-0.2, -0.15) is 5.10 Å². The van der Waals surface area contributed by atoms with Gasteiger partial charge in [0.25, 0.3) is 5.56 Å². The molecule has 0 atom stereocenters. The molecule has 0 saturated carbocycles. The van der Waals surface area contributed by atoms with Gasteiger partial charge >= 0.3 is 5.97 Å². The molecule has 3 aromatic heterocycles. The minimum atomic E-state index is -0.488. The zero-order chi connectivity index (χ0) is 21.3. The minimum absolute atomic E-state index is 0.101. The molecule has 0 bridgehead atoms. The largest absolute Gasteiger partial charge is 0.462 e. The lowest BCUT2D eigenvalue weighted by Crippen LogP contribution is -2.48. The number of ether oxygens (including phenoxy) is 1. The second-order valence-corrected chi connectivity index (χ2v) is 7.23. The van der Waals surface area contributed by atoms with Gasteiger partial charge in [0.2, 0.25) is 5.91 Å². The van der Waals surface area contributed by atoms with E-state index in [1.165, 1.54) is 16.9 Å². The Hall–Kier alpha value is -3.27. The van der Waals surface area contributed by atoms with Crippen LogP contribution in [0, 0.1) is 0 Å². The lowest BCUT2D eigenvalue weighted by molar-refractivity contribution is -0.130. The van der Waals surface area contributed by atoms with Crippen molar-refractivity contribution in [1.82, 2.24) is 29.0 Å². The zero-order valence-corrected chi connectivity index (χ0v) is 17.1. The molecule has 10 nitrogen and oxygen atoms in total. The summed E-state index contributed by atoms with van der Waals surface area (Å²) < 4.78 is 8.18. The van der Waals surface area contributed by atoms with Crippen molar-refractivity contribution in [2.75, 3.05) is 39.3 Å². The van der Waals surface area contributed by atoms with Crippen LogP contribution < -0.4 is 5.56 Å². The molecule has 1 saturated heterocycles. The van der Waals surface area contributed by atoms with E-state index >= 15 is 0 Å². The fourth-order valence-electron chi connectivity index (χ4n) is 3.72. The van der Waals surface area contributed by atoms with Crippen molar-refractivity contribution < 1.29 is 14.3 Å². The zero-order valence-electron chi connectivity index (χ0n) is 17.1. The number of fused-ring (bicyclic) bond motifs is 3. The van der Waals surface area contributed by atoms with Gasteiger partial charge in [0.15, 0.2) is 5.65 Å². The smallest absolute Gasteiger partial charge is 0.343 e. The first-order chi connectivity index (χ1) is 14.5. The number of pyridine rings is 1. The summed E-state index contributed by atoms with van der Waals surface area (Å²) in [5.74, 6) is -0.387. The summed E-state index contributed by atoms with van der Waals surface area (Å²) in [7, 11) is 0. The summed E-state index contributed by atoms with van der Waals surface area (Å²) in [6.07, 6.45) is 4.63. The van der Waals surface area contributed by atoms with Crippen LogP contribution in [0.1, 0.15) is 24.2 Å². The molecule has 1 amide bonds. The van der Waals surface area contributed by atoms with Gasteiger partial charge in [-0.15, -0.1) is 0 Å². The predicted octanol–water partition coefficient (Wildman–Crippen LogP) is 0.385. The molecule has 30 heavy (non-hydrogen) atoms. The van der Waals surface area contributed by atoms with E-state index < -0.39 is 5.97 Å². The van der Waals surface area contributed by atoms with Crippen LogP contribution in [0.25, 0.3) is 16.6 Å². The summed E-state index contributed by atoms with van der Waals surface area (Å²) in [6.45, 7) is 7.88. The average molecular weight is 412 g/mol. The van der Waals surface area contributed by atoms with Gasteiger partial charge in [0.1, 0.15) is 5.56 Å². The number of carbonyl (C=O) groups is 2.